The minimum atomic E-state index is -0.785. The van der Waals surface area contributed by atoms with Gasteiger partial charge in [0.15, 0.2) is 5.76 Å². The summed E-state index contributed by atoms with van der Waals surface area (Å²) in [6, 6.07) is 3.34. The zero-order valence-electron chi connectivity index (χ0n) is 12.8. The van der Waals surface area contributed by atoms with E-state index in [0.717, 1.165) is 0 Å². The van der Waals surface area contributed by atoms with Gasteiger partial charge in [0.1, 0.15) is 5.60 Å². The summed E-state index contributed by atoms with van der Waals surface area (Å²) in [4.78, 5) is 28.1. The lowest BCUT2D eigenvalue weighted by atomic mass is 10.0. The van der Waals surface area contributed by atoms with E-state index < -0.39 is 5.60 Å². The van der Waals surface area contributed by atoms with E-state index in [9.17, 15) is 9.59 Å². The highest BCUT2D eigenvalue weighted by atomic mass is 16.5. The molecule has 1 saturated heterocycles. The van der Waals surface area contributed by atoms with Crippen LogP contribution in [-0.4, -0.2) is 60.5 Å². The maximum atomic E-state index is 12.5. The topological polar surface area (TPSA) is 63.0 Å². The molecule has 1 aliphatic rings. The number of piperazine rings is 1. The number of carbonyl (C=O) groups excluding carboxylic acids is 2. The fourth-order valence-corrected chi connectivity index (χ4v) is 2.39. The van der Waals surface area contributed by atoms with Crippen LogP contribution in [0.5, 0.6) is 0 Å². The molecule has 1 unspecified atom stereocenters. The van der Waals surface area contributed by atoms with Gasteiger partial charge in [0.25, 0.3) is 11.8 Å². The molecule has 1 aromatic heterocycles. The lowest BCUT2D eigenvalue weighted by Crippen LogP contribution is -2.56. The molecule has 6 nitrogen and oxygen atoms in total. The number of nitrogens with zero attached hydrogens (tertiary/aromatic N) is 2. The molecular weight excluding hydrogens is 272 g/mol. The van der Waals surface area contributed by atoms with Crippen LogP contribution in [0.25, 0.3) is 0 Å². The summed E-state index contributed by atoms with van der Waals surface area (Å²) in [5.74, 6) is 0.194. The minimum Gasteiger partial charge on any atom is -0.459 e. The van der Waals surface area contributed by atoms with E-state index in [4.69, 9.17) is 9.15 Å². The van der Waals surface area contributed by atoms with Crippen molar-refractivity contribution in [1.82, 2.24) is 9.80 Å². The molecular formula is C15H22N2O4. The molecule has 2 amide bonds. The van der Waals surface area contributed by atoms with Gasteiger partial charge >= 0.3 is 0 Å². The van der Waals surface area contributed by atoms with Crippen LogP contribution in [0, 0.1) is 0 Å². The summed E-state index contributed by atoms with van der Waals surface area (Å²) in [6.07, 6.45) is 2.10. The van der Waals surface area contributed by atoms with E-state index in [-0.39, 0.29) is 11.8 Å². The fraction of sp³-hybridized carbons (Fsp3) is 0.600. The Kier molecular flexibility index (Phi) is 4.67. The molecule has 116 valence electrons. The van der Waals surface area contributed by atoms with Crippen molar-refractivity contribution >= 4 is 11.8 Å². The predicted molar refractivity (Wildman–Crippen MR) is 76.9 cm³/mol. The van der Waals surface area contributed by atoms with Gasteiger partial charge in [0.2, 0.25) is 0 Å². The van der Waals surface area contributed by atoms with Crippen LogP contribution >= 0.6 is 0 Å². The highest BCUT2D eigenvalue weighted by Crippen LogP contribution is 2.19. The average molecular weight is 294 g/mol. The fourth-order valence-electron chi connectivity index (χ4n) is 2.39. The molecule has 0 radical (unpaired) electrons. The quantitative estimate of drug-likeness (QED) is 0.841. The monoisotopic (exact) mass is 294 g/mol. The first-order valence-corrected chi connectivity index (χ1v) is 7.19. The molecule has 0 aliphatic carbocycles. The van der Waals surface area contributed by atoms with Crippen molar-refractivity contribution in [3.05, 3.63) is 24.2 Å². The van der Waals surface area contributed by atoms with Crippen molar-refractivity contribution in [3.63, 3.8) is 0 Å². The van der Waals surface area contributed by atoms with Gasteiger partial charge in [-0.05, 0) is 25.5 Å². The van der Waals surface area contributed by atoms with Crippen molar-refractivity contribution in [3.8, 4) is 0 Å². The Bertz CT molecular complexity index is 486. The van der Waals surface area contributed by atoms with Gasteiger partial charge in [0, 0.05) is 33.3 Å². The third-order valence-corrected chi connectivity index (χ3v) is 4.16. The second-order valence-corrected chi connectivity index (χ2v) is 5.35. The van der Waals surface area contributed by atoms with Gasteiger partial charge in [-0.3, -0.25) is 9.59 Å². The van der Waals surface area contributed by atoms with Crippen molar-refractivity contribution in [1.29, 1.82) is 0 Å². The Labute approximate surface area is 124 Å². The average Bonchev–Trinajstić information content (AvgIpc) is 3.07. The first-order valence-electron chi connectivity index (χ1n) is 7.19. The van der Waals surface area contributed by atoms with E-state index in [1.807, 2.05) is 6.92 Å². The second kappa shape index (κ2) is 6.30. The molecule has 0 aromatic carbocycles. The lowest BCUT2D eigenvalue weighted by Gasteiger charge is -2.38. The van der Waals surface area contributed by atoms with Crippen LogP contribution in [0.4, 0.5) is 0 Å². The largest absolute Gasteiger partial charge is 0.459 e. The van der Waals surface area contributed by atoms with Gasteiger partial charge in [0.05, 0.1) is 6.26 Å². The number of methoxy groups -OCH3 is 1. The van der Waals surface area contributed by atoms with E-state index >= 15 is 0 Å². The van der Waals surface area contributed by atoms with E-state index in [1.165, 1.54) is 6.26 Å². The van der Waals surface area contributed by atoms with Gasteiger partial charge in [-0.25, -0.2) is 0 Å². The number of amides is 2. The summed E-state index contributed by atoms with van der Waals surface area (Å²) in [6.45, 7) is 5.78. The second-order valence-electron chi connectivity index (χ2n) is 5.35. The summed E-state index contributed by atoms with van der Waals surface area (Å²) in [5.41, 5.74) is -0.785. The van der Waals surface area contributed by atoms with Crippen molar-refractivity contribution < 1.29 is 18.7 Å². The third-order valence-electron chi connectivity index (χ3n) is 4.16. The highest BCUT2D eigenvalue weighted by Gasteiger charge is 2.37. The van der Waals surface area contributed by atoms with E-state index in [2.05, 4.69) is 0 Å². The molecule has 0 N–H and O–H groups in total. The smallest absolute Gasteiger partial charge is 0.289 e. The Morgan fingerprint density at radius 3 is 2.38 bits per heavy atom. The number of furan rings is 1. The lowest BCUT2D eigenvalue weighted by molar-refractivity contribution is -0.154. The first-order chi connectivity index (χ1) is 10.0. The number of carbonyl (C=O) groups is 2. The summed E-state index contributed by atoms with van der Waals surface area (Å²) < 4.78 is 10.5. The molecule has 1 fully saturated rings. The molecule has 0 saturated carbocycles. The van der Waals surface area contributed by atoms with Gasteiger partial charge in [-0.1, -0.05) is 6.92 Å². The first kappa shape index (κ1) is 15.6. The Hall–Kier alpha value is -1.82. The number of hydrogen-bond acceptors (Lipinski definition) is 4. The van der Waals surface area contributed by atoms with Gasteiger partial charge < -0.3 is 19.0 Å². The Morgan fingerprint density at radius 1 is 1.29 bits per heavy atom. The number of hydrogen-bond donors (Lipinski definition) is 0. The van der Waals surface area contributed by atoms with Crippen LogP contribution in [0.15, 0.2) is 22.8 Å². The van der Waals surface area contributed by atoms with Crippen LogP contribution in [0.3, 0.4) is 0 Å². The number of rotatable bonds is 4. The van der Waals surface area contributed by atoms with E-state index in [1.54, 1.807) is 36.0 Å². The molecule has 2 heterocycles. The predicted octanol–water partition coefficient (Wildman–Crippen LogP) is 1.38. The Morgan fingerprint density at radius 2 is 1.90 bits per heavy atom. The van der Waals surface area contributed by atoms with Gasteiger partial charge in [-0.15, -0.1) is 0 Å². The molecule has 6 heteroatoms. The molecule has 21 heavy (non-hydrogen) atoms. The molecule has 1 aliphatic heterocycles. The highest BCUT2D eigenvalue weighted by molar-refractivity contribution is 5.91. The number of ether oxygens (including phenoxy) is 1. The van der Waals surface area contributed by atoms with Crippen LogP contribution in [0.1, 0.15) is 30.8 Å². The van der Waals surface area contributed by atoms with Crippen LogP contribution < -0.4 is 0 Å². The normalized spacial score (nSPS) is 18.4. The maximum Gasteiger partial charge on any atom is 0.289 e. The Balaban J connectivity index is 1.94. The van der Waals surface area contributed by atoms with Crippen molar-refractivity contribution in [2.45, 2.75) is 25.9 Å². The minimum absolute atomic E-state index is 0.0161. The summed E-state index contributed by atoms with van der Waals surface area (Å²) in [5, 5.41) is 0. The zero-order chi connectivity index (χ0) is 15.5. The van der Waals surface area contributed by atoms with Crippen molar-refractivity contribution in [2.75, 3.05) is 33.3 Å². The molecule has 0 spiro atoms. The third kappa shape index (κ3) is 3.10. The van der Waals surface area contributed by atoms with Crippen LogP contribution in [-0.2, 0) is 9.53 Å². The SMILES string of the molecule is CCC(C)(OC)C(=O)N1CCN(C(=O)c2ccco2)CC1. The summed E-state index contributed by atoms with van der Waals surface area (Å²) in [7, 11) is 1.55. The maximum absolute atomic E-state index is 12.5. The molecule has 0 bridgehead atoms. The van der Waals surface area contributed by atoms with Gasteiger partial charge in [-0.2, -0.15) is 0 Å². The standard InChI is InChI=1S/C15H22N2O4/c1-4-15(2,20-3)14(19)17-9-7-16(8-10-17)13(18)12-6-5-11-21-12/h5-6,11H,4,7-10H2,1-3H3. The molecule has 2 rings (SSSR count). The van der Waals surface area contributed by atoms with E-state index in [0.29, 0.717) is 38.4 Å². The van der Waals surface area contributed by atoms with Crippen molar-refractivity contribution in [2.24, 2.45) is 0 Å². The molecule has 1 atom stereocenters. The molecule has 1 aromatic rings. The van der Waals surface area contributed by atoms with Crippen LogP contribution in [0.2, 0.25) is 0 Å². The summed E-state index contributed by atoms with van der Waals surface area (Å²) >= 11 is 0. The zero-order valence-corrected chi connectivity index (χ0v) is 12.8.